The Morgan fingerprint density at radius 1 is 1.44 bits per heavy atom. The van der Waals surface area contributed by atoms with Crippen LogP contribution in [0.2, 0.25) is 0 Å². The molecule has 1 atom stereocenters. The van der Waals surface area contributed by atoms with Gasteiger partial charge in [0.15, 0.2) is 6.10 Å². The lowest BCUT2D eigenvalue weighted by atomic mass is 10.1. The Morgan fingerprint density at radius 2 is 2.19 bits per heavy atom. The molecule has 0 fully saturated rings. The number of aliphatic carboxylic acids is 1. The maximum atomic E-state index is 10.5. The molecule has 2 aromatic rings. The molecule has 2 rings (SSSR count). The number of benzene rings is 1. The molecular weight excluding hydrogens is 210 g/mol. The summed E-state index contributed by atoms with van der Waals surface area (Å²) in [5, 5.41) is 27.9. The van der Waals surface area contributed by atoms with Crippen molar-refractivity contribution in [2.75, 3.05) is 0 Å². The third-order valence-electron chi connectivity index (χ3n) is 2.45. The van der Waals surface area contributed by atoms with E-state index in [4.69, 9.17) is 5.11 Å². The van der Waals surface area contributed by atoms with Crippen molar-refractivity contribution >= 4 is 16.9 Å². The van der Waals surface area contributed by atoms with Gasteiger partial charge in [-0.2, -0.15) is 0 Å². The van der Waals surface area contributed by atoms with Gasteiger partial charge in [-0.15, -0.1) is 0 Å². The lowest BCUT2D eigenvalue weighted by molar-refractivity contribution is -0.146. The Hall–Kier alpha value is -2.01. The second-order valence-electron chi connectivity index (χ2n) is 3.60. The summed E-state index contributed by atoms with van der Waals surface area (Å²) >= 11 is 0. The molecule has 0 spiro atoms. The average molecular weight is 221 g/mol. The smallest absolute Gasteiger partial charge is 0.332 e. The normalized spacial score (nSPS) is 12.8. The highest BCUT2D eigenvalue weighted by Crippen LogP contribution is 2.23. The number of phenols is 1. The van der Waals surface area contributed by atoms with E-state index in [9.17, 15) is 15.0 Å². The van der Waals surface area contributed by atoms with Crippen LogP contribution < -0.4 is 0 Å². The number of aromatic nitrogens is 1. The van der Waals surface area contributed by atoms with Gasteiger partial charge in [-0.25, -0.2) is 4.79 Å². The molecule has 16 heavy (non-hydrogen) atoms. The van der Waals surface area contributed by atoms with Gasteiger partial charge in [0.1, 0.15) is 5.75 Å². The van der Waals surface area contributed by atoms with Crippen molar-refractivity contribution in [3.8, 4) is 5.75 Å². The molecule has 5 nitrogen and oxygen atoms in total. The quantitative estimate of drug-likeness (QED) is 0.618. The minimum Gasteiger partial charge on any atom is -0.508 e. The number of rotatable bonds is 3. The van der Waals surface area contributed by atoms with Crippen LogP contribution in [0.15, 0.2) is 24.4 Å². The van der Waals surface area contributed by atoms with Gasteiger partial charge in [0.2, 0.25) is 0 Å². The molecule has 0 aliphatic heterocycles. The summed E-state index contributed by atoms with van der Waals surface area (Å²) in [5.74, 6) is -1.10. The number of aliphatic hydroxyl groups excluding tert-OH is 1. The lowest BCUT2D eigenvalue weighted by Crippen LogP contribution is -2.21. The minimum absolute atomic E-state index is 0.0418. The SMILES string of the molecule is O=C(O)C(O)Cc1c[nH]c2cc(O)ccc12. The first-order chi connectivity index (χ1) is 7.58. The molecule has 1 aromatic heterocycles. The van der Waals surface area contributed by atoms with Gasteiger partial charge in [0.25, 0.3) is 0 Å². The number of hydrogen-bond donors (Lipinski definition) is 4. The summed E-state index contributed by atoms with van der Waals surface area (Å²) in [6.45, 7) is 0. The number of H-pyrrole nitrogens is 1. The number of carbonyl (C=O) groups is 1. The summed E-state index contributed by atoms with van der Waals surface area (Å²) < 4.78 is 0. The van der Waals surface area contributed by atoms with Crippen LogP contribution in [0.5, 0.6) is 5.75 Å². The predicted molar refractivity (Wildman–Crippen MR) is 57.3 cm³/mol. The molecular formula is C11H11NO4. The van der Waals surface area contributed by atoms with E-state index in [1.165, 1.54) is 6.07 Å². The van der Waals surface area contributed by atoms with Crippen LogP contribution in [0.4, 0.5) is 0 Å². The number of phenolic OH excluding ortho intramolecular Hbond substituents is 1. The van der Waals surface area contributed by atoms with Crippen molar-refractivity contribution in [2.45, 2.75) is 12.5 Å². The number of nitrogens with one attached hydrogen (secondary N) is 1. The number of aromatic hydroxyl groups is 1. The van der Waals surface area contributed by atoms with E-state index in [1.54, 1.807) is 18.3 Å². The van der Waals surface area contributed by atoms with Gasteiger partial charge in [-0.3, -0.25) is 0 Å². The zero-order valence-corrected chi connectivity index (χ0v) is 8.34. The molecule has 0 saturated heterocycles. The molecule has 1 heterocycles. The first kappa shape index (κ1) is 10.5. The molecule has 0 saturated carbocycles. The predicted octanol–water partition coefficient (Wildman–Crippen LogP) is 0.862. The van der Waals surface area contributed by atoms with Gasteiger partial charge in [-0.1, -0.05) is 0 Å². The first-order valence-electron chi connectivity index (χ1n) is 4.78. The summed E-state index contributed by atoms with van der Waals surface area (Å²) in [5.41, 5.74) is 1.43. The zero-order valence-electron chi connectivity index (χ0n) is 8.34. The van der Waals surface area contributed by atoms with E-state index < -0.39 is 12.1 Å². The molecule has 1 aromatic carbocycles. The lowest BCUT2D eigenvalue weighted by Gasteiger charge is -2.03. The Kier molecular flexibility index (Phi) is 2.54. The Bertz CT molecular complexity index is 532. The van der Waals surface area contributed by atoms with Gasteiger partial charge < -0.3 is 20.3 Å². The fraction of sp³-hybridized carbons (Fsp3) is 0.182. The van der Waals surface area contributed by atoms with Gasteiger partial charge in [0.05, 0.1) is 0 Å². The van der Waals surface area contributed by atoms with E-state index in [-0.39, 0.29) is 12.2 Å². The van der Waals surface area contributed by atoms with Crippen LogP contribution in [0.25, 0.3) is 10.9 Å². The van der Waals surface area contributed by atoms with Crippen LogP contribution in [-0.2, 0) is 11.2 Å². The highest BCUT2D eigenvalue weighted by atomic mass is 16.4. The molecule has 0 bridgehead atoms. The fourth-order valence-electron chi connectivity index (χ4n) is 1.64. The minimum atomic E-state index is -1.41. The van der Waals surface area contributed by atoms with E-state index >= 15 is 0 Å². The van der Waals surface area contributed by atoms with E-state index in [0.717, 1.165) is 5.39 Å². The van der Waals surface area contributed by atoms with Crippen LogP contribution >= 0.6 is 0 Å². The molecule has 0 radical (unpaired) electrons. The largest absolute Gasteiger partial charge is 0.508 e. The van der Waals surface area contributed by atoms with Crippen molar-refractivity contribution < 1.29 is 20.1 Å². The Morgan fingerprint density at radius 3 is 2.88 bits per heavy atom. The summed E-state index contributed by atoms with van der Waals surface area (Å²) in [4.78, 5) is 13.4. The summed E-state index contributed by atoms with van der Waals surface area (Å²) in [6, 6.07) is 4.75. The van der Waals surface area contributed by atoms with Crippen molar-refractivity contribution in [1.29, 1.82) is 0 Å². The average Bonchev–Trinajstić information content (AvgIpc) is 2.60. The number of aromatic amines is 1. The van der Waals surface area contributed by atoms with Crippen molar-refractivity contribution in [2.24, 2.45) is 0 Å². The molecule has 1 unspecified atom stereocenters. The van der Waals surface area contributed by atoms with Gasteiger partial charge >= 0.3 is 5.97 Å². The summed E-state index contributed by atoms with van der Waals surface area (Å²) in [6.07, 6.45) is 0.268. The van der Waals surface area contributed by atoms with E-state index in [2.05, 4.69) is 4.98 Å². The third-order valence-corrected chi connectivity index (χ3v) is 2.45. The van der Waals surface area contributed by atoms with Crippen molar-refractivity contribution in [3.05, 3.63) is 30.0 Å². The molecule has 0 amide bonds. The highest BCUT2D eigenvalue weighted by Gasteiger charge is 2.16. The third kappa shape index (κ3) is 1.85. The number of hydrogen-bond acceptors (Lipinski definition) is 3. The van der Waals surface area contributed by atoms with E-state index in [0.29, 0.717) is 11.1 Å². The first-order valence-corrected chi connectivity index (χ1v) is 4.78. The molecule has 4 N–H and O–H groups in total. The number of carboxylic acid groups (broad SMARTS) is 1. The number of fused-ring (bicyclic) bond motifs is 1. The second kappa shape index (κ2) is 3.86. The molecule has 0 aliphatic carbocycles. The maximum absolute atomic E-state index is 10.5. The molecule has 5 heteroatoms. The topological polar surface area (TPSA) is 93.5 Å². The molecule has 0 aliphatic rings. The summed E-state index contributed by atoms with van der Waals surface area (Å²) in [7, 11) is 0. The number of carboxylic acids is 1. The Balaban J connectivity index is 2.35. The van der Waals surface area contributed by atoms with Crippen molar-refractivity contribution in [1.82, 2.24) is 4.98 Å². The van der Waals surface area contributed by atoms with Gasteiger partial charge in [0, 0.05) is 29.6 Å². The Labute approximate surface area is 91.0 Å². The highest BCUT2D eigenvalue weighted by molar-refractivity contribution is 5.85. The van der Waals surface area contributed by atoms with E-state index in [1.807, 2.05) is 0 Å². The standard InChI is InChI=1S/C11H11NO4/c13-7-1-2-8-6(3-10(14)11(15)16)5-12-9(8)4-7/h1-2,4-5,10,12-14H,3H2,(H,15,16). The van der Waals surface area contributed by atoms with Crippen LogP contribution in [0.3, 0.4) is 0 Å². The molecule has 84 valence electrons. The van der Waals surface area contributed by atoms with Crippen LogP contribution in [0.1, 0.15) is 5.56 Å². The fourth-order valence-corrected chi connectivity index (χ4v) is 1.64. The number of aliphatic hydroxyl groups is 1. The second-order valence-corrected chi connectivity index (χ2v) is 3.60. The van der Waals surface area contributed by atoms with Crippen LogP contribution in [0, 0.1) is 0 Å². The maximum Gasteiger partial charge on any atom is 0.332 e. The van der Waals surface area contributed by atoms with Crippen LogP contribution in [-0.4, -0.2) is 32.4 Å². The zero-order chi connectivity index (χ0) is 11.7. The van der Waals surface area contributed by atoms with Crippen molar-refractivity contribution in [3.63, 3.8) is 0 Å². The van der Waals surface area contributed by atoms with Gasteiger partial charge in [-0.05, 0) is 17.7 Å². The monoisotopic (exact) mass is 221 g/mol.